The standard InChI is InChI=1S/C24H38O5/c1-17(2)10-7-14-22(25)28-21-13-9-12-20(27-16-19(5)6)24(21)29-23(26)15-8-11-18(3)4/h9,12-13,17-19H,7-8,10-11,14-16H2,1-6H3. The molecule has 0 aromatic heterocycles. The minimum Gasteiger partial charge on any atom is -0.489 e. The molecule has 0 atom stereocenters. The monoisotopic (exact) mass is 406 g/mol. The molecule has 0 heterocycles. The van der Waals surface area contributed by atoms with Crippen LogP contribution < -0.4 is 14.2 Å². The molecule has 29 heavy (non-hydrogen) atoms. The second kappa shape index (κ2) is 13.2. The molecule has 1 aromatic rings. The van der Waals surface area contributed by atoms with Crippen LogP contribution in [-0.2, 0) is 9.59 Å². The van der Waals surface area contributed by atoms with Crippen LogP contribution in [0.4, 0.5) is 0 Å². The van der Waals surface area contributed by atoms with Crippen molar-refractivity contribution >= 4 is 11.9 Å². The van der Waals surface area contributed by atoms with Gasteiger partial charge in [-0.3, -0.25) is 9.59 Å². The lowest BCUT2D eigenvalue weighted by atomic mass is 10.1. The molecular formula is C24H38O5. The Hall–Kier alpha value is -2.04. The molecule has 0 aliphatic rings. The normalized spacial score (nSPS) is 11.2. The number of carbonyl (C=O) groups excluding carboxylic acids is 2. The van der Waals surface area contributed by atoms with Gasteiger partial charge in [0, 0.05) is 12.8 Å². The second-order valence-corrected chi connectivity index (χ2v) is 8.81. The summed E-state index contributed by atoms with van der Waals surface area (Å²) in [5, 5.41) is 0. The number of esters is 2. The van der Waals surface area contributed by atoms with E-state index in [2.05, 4.69) is 27.7 Å². The Labute approximate surface area is 176 Å². The SMILES string of the molecule is CC(C)CCCC(=O)Oc1cccc(OCC(C)C)c1OC(=O)CCCC(C)C. The Balaban J connectivity index is 2.88. The molecule has 0 aliphatic carbocycles. The van der Waals surface area contributed by atoms with Crippen molar-refractivity contribution in [3.63, 3.8) is 0 Å². The molecule has 0 saturated carbocycles. The fourth-order valence-electron chi connectivity index (χ4n) is 2.69. The van der Waals surface area contributed by atoms with Gasteiger partial charge in [0.15, 0.2) is 11.5 Å². The van der Waals surface area contributed by atoms with Gasteiger partial charge in [-0.1, -0.05) is 60.5 Å². The van der Waals surface area contributed by atoms with Gasteiger partial charge in [-0.25, -0.2) is 0 Å². The molecule has 0 bridgehead atoms. The summed E-state index contributed by atoms with van der Waals surface area (Å²) >= 11 is 0. The molecule has 164 valence electrons. The Kier molecular flexibility index (Phi) is 11.4. The van der Waals surface area contributed by atoms with Gasteiger partial charge in [0.05, 0.1) is 6.61 Å². The van der Waals surface area contributed by atoms with Crippen LogP contribution in [0.15, 0.2) is 18.2 Å². The second-order valence-electron chi connectivity index (χ2n) is 8.81. The highest BCUT2D eigenvalue weighted by molar-refractivity contribution is 5.77. The molecule has 0 unspecified atom stereocenters. The van der Waals surface area contributed by atoms with Crippen molar-refractivity contribution in [3.05, 3.63) is 18.2 Å². The summed E-state index contributed by atoms with van der Waals surface area (Å²) in [6, 6.07) is 5.11. The molecule has 1 aromatic carbocycles. The molecule has 0 radical (unpaired) electrons. The lowest BCUT2D eigenvalue weighted by Crippen LogP contribution is -2.14. The first-order valence-corrected chi connectivity index (χ1v) is 10.9. The van der Waals surface area contributed by atoms with E-state index < -0.39 is 0 Å². The summed E-state index contributed by atoms with van der Waals surface area (Å²) in [7, 11) is 0. The van der Waals surface area contributed by atoms with Crippen molar-refractivity contribution in [1.29, 1.82) is 0 Å². The molecule has 0 spiro atoms. The summed E-state index contributed by atoms with van der Waals surface area (Å²) < 4.78 is 16.9. The van der Waals surface area contributed by atoms with Gasteiger partial charge >= 0.3 is 11.9 Å². The van der Waals surface area contributed by atoms with Crippen molar-refractivity contribution < 1.29 is 23.8 Å². The Morgan fingerprint density at radius 3 is 1.79 bits per heavy atom. The van der Waals surface area contributed by atoms with Gasteiger partial charge in [-0.2, -0.15) is 0 Å². The smallest absolute Gasteiger partial charge is 0.311 e. The third kappa shape index (κ3) is 10.9. The highest BCUT2D eigenvalue weighted by Gasteiger charge is 2.19. The zero-order chi connectivity index (χ0) is 21.8. The summed E-state index contributed by atoms with van der Waals surface area (Å²) in [6.07, 6.45) is 4.10. The van der Waals surface area contributed by atoms with Crippen LogP contribution in [-0.4, -0.2) is 18.5 Å². The first kappa shape index (κ1) is 25.0. The third-order valence-corrected chi connectivity index (χ3v) is 4.28. The third-order valence-electron chi connectivity index (χ3n) is 4.28. The summed E-state index contributed by atoms with van der Waals surface area (Å²) in [4.78, 5) is 24.6. The number of rotatable bonds is 13. The lowest BCUT2D eigenvalue weighted by Gasteiger charge is -2.16. The molecule has 5 nitrogen and oxygen atoms in total. The molecule has 1 rings (SSSR count). The van der Waals surface area contributed by atoms with Crippen LogP contribution >= 0.6 is 0 Å². The quantitative estimate of drug-likeness (QED) is 0.289. The van der Waals surface area contributed by atoms with Crippen molar-refractivity contribution in [2.45, 2.75) is 80.1 Å². The van der Waals surface area contributed by atoms with Gasteiger partial charge in [-0.05, 0) is 42.7 Å². The first-order chi connectivity index (χ1) is 13.7. The van der Waals surface area contributed by atoms with Crippen LogP contribution in [0.25, 0.3) is 0 Å². The van der Waals surface area contributed by atoms with E-state index in [1.165, 1.54) is 0 Å². The van der Waals surface area contributed by atoms with Crippen molar-refractivity contribution in [3.8, 4) is 17.2 Å². The Bertz CT molecular complexity index is 634. The Morgan fingerprint density at radius 2 is 1.28 bits per heavy atom. The first-order valence-electron chi connectivity index (χ1n) is 10.9. The van der Waals surface area contributed by atoms with Crippen LogP contribution in [0, 0.1) is 17.8 Å². The maximum absolute atomic E-state index is 12.4. The van der Waals surface area contributed by atoms with Crippen molar-refractivity contribution in [2.75, 3.05) is 6.61 Å². The van der Waals surface area contributed by atoms with E-state index in [0.29, 0.717) is 43.0 Å². The number of carbonyl (C=O) groups is 2. The number of hydrogen-bond donors (Lipinski definition) is 0. The van der Waals surface area contributed by atoms with E-state index in [1.807, 2.05) is 13.8 Å². The number of para-hydroxylation sites is 1. The number of hydrogen-bond acceptors (Lipinski definition) is 5. The van der Waals surface area contributed by atoms with E-state index >= 15 is 0 Å². The minimum absolute atomic E-state index is 0.194. The highest BCUT2D eigenvalue weighted by atomic mass is 16.6. The van der Waals surface area contributed by atoms with E-state index in [-0.39, 0.29) is 23.4 Å². The van der Waals surface area contributed by atoms with E-state index in [0.717, 1.165) is 25.7 Å². The number of benzene rings is 1. The van der Waals surface area contributed by atoms with Gasteiger partial charge in [-0.15, -0.1) is 0 Å². The topological polar surface area (TPSA) is 61.8 Å². The zero-order valence-corrected chi connectivity index (χ0v) is 19.0. The van der Waals surface area contributed by atoms with E-state index in [4.69, 9.17) is 14.2 Å². The maximum Gasteiger partial charge on any atom is 0.311 e. The molecule has 0 aliphatic heterocycles. The molecule has 0 fully saturated rings. The van der Waals surface area contributed by atoms with Crippen LogP contribution in [0.1, 0.15) is 80.1 Å². The average molecular weight is 407 g/mol. The fourth-order valence-corrected chi connectivity index (χ4v) is 2.69. The lowest BCUT2D eigenvalue weighted by molar-refractivity contribution is -0.137. The van der Waals surface area contributed by atoms with Gasteiger partial charge in [0.2, 0.25) is 5.75 Å². The minimum atomic E-state index is -0.344. The maximum atomic E-state index is 12.4. The van der Waals surface area contributed by atoms with Gasteiger partial charge < -0.3 is 14.2 Å². The van der Waals surface area contributed by atoms with E-state index in [9.17, 15) is 9.59 Å². The van der Waals surface area contributed by atoms with Crippen LogP contribution in [0.5, 0.6) is 17.2 Å². The predicted molar refractivity (Wildman–Crippen MR) is 115 cm³/mol. The highest BCUT2D eigenvalue weighted by Crippen LogP contribution is 2.38. The molecule has 0 N–H and O–H groups in total. The largest absolute Gasteiger partial charge is 0.489 e. The van der Waals surface area contributed by atoms with Crippen LogP contribution in [0.2, 0.25) is 0 Å². The van der Waals surface area contributed by atoms with Crippen molar-refractivity contribution in [1.82, 2.24) is 0 Å². The molecule has 0 amide bonds. The summed E-state index contributed by atoms with van der Waals surface area (Å²) in [5.74, 6) is 1.56. The fraction of sp³-hybridized carbons (Fsp3) is 0.667. The molecule has 0 saturated heterocycles. The van der Waals surface area contributed by atoms with Crippen LogP contribution in [0.3, 0.4) is 0 Å². The molecular weight excluding hydrogens is 368 g/mol. The zero-order valence-electron chi connectivity index (χ0n) is 19.0. The summed E-state index contributed by atoms with van der Waals surface area (Å²) in [6.45, 7) is 13.0. The average Bonchev–Trinajstić information content (AvgIpc) is 2.61. The van der Waals surface area contributed by atoms with Crippen molar-refractivity contribution in [2.24, 2.45) is 17.8 Å². The Morgan fingerprint density at radius 1 is 0.759 bits per heavy atom. The van der Waals surface area contributed by atoms with Gasteiger partial charge in [0.25, 0.3) is 0 Å². The summed E-state index contributed by atoms with van der Waals surface area (Å²) in [5.41, 5.74) is 0. The molecule has 5 heteroatoms. The van der Waals surface area contributed by atoms with Gasteiger partial charge in [0.1, 0.15) is 0 Å². The van der Waals surface area contributed by atoms with E-state index in [1.54, 1.807) is 18.2 Å². The number of ether oxygens (including phenoxy) is 3. The predicted octanol–water partition coefficient (Wildman–Crippen LogP) is 6.18.